The summed E-state index contributed by atoms with van der Waals surface area (Å²) in [5.41, 5.74) is 27.2. The first-order valence-electron chi connectivity index (χ1n) is 23.8. The van der Waals surface area contributed by atoms with Gasteiger partial charge in [0.25, 0.3) is 0 Å². The predicted molar refractivity (Wildman–Crippen MR) is 284 cm³/mol. The van der Waals surface area contributed by atoms with Crippen LogP contribution in [0.3, 0.4) is 0 Å². The number of primary amides is 1. The van der Waals surface area contributed by atoms with Crippen LogP contribution >= 0.6 is 25.3 Å². The van der Waals surface area contributed by atoms with Crippen molar-refractivity contribution in [3.05, 3.63) is 65.7 Å². The van der Waals surface area contributed by atoms with Crippen molar-refractivity contribution >= 4 is 96.1 Å². The molecule has 0 spiro atoms. The number of aromatic hydroxyl groups is 1. The molecule has 1 heterocycles. The summed E-state index contributed by atoms with van der Waals surface area (Å²) in [6.45, 7) is -0.0932. The van der Waals surface area contributed by atoms with E-state index in [1.54, 1.807) is 42.5 Å². The van der Waals surface area contributed by atoms with E-state index < -0.39 is 133 Å². The van der Waals surface area contributed by atoms with Crippen LogP contribution in [-0.2, 0) is 65.6 Å². The molecule has 0 radical (unpaired) electrons. The molecule has 1 fully saturated rings. The first-order chi connectivity index (χ1) is 36.5. The SMILES string of the molecule is NC(=O)[C@H](CCC(=O)O)NC(=O)[C@H](Cc1ccccc1)NC(=O)[C@H](Cc1ccc(O)cc1)NC(=O)[C@@H](N)CS.NNCC(=O)C(=O)[C@H](CCCN=C(N)N)NC(=O)[C@@H]1CCCN1C(=O)[C@H](CS)NC(=O)[C@H](CC(=O)O)NN. The maximum Gasteiger partial charge on any atom is 0.305 e. The summed E-state index contributed by atoms with van der Waals surface area (Å²) in [5.74, 6) is 0.801. The Morgan fingerprint density at radius 3 is 1.75 bits per heavy atom. The molecule has 8 atom stereocenters. The van der Waals surface area contributed by atoms with E-state index in [1.807, 2.05) is 0 Å². The van der Waals surface area contributed by atoms with E-state index in [2.05, 4.69) is 67.7 Å². The Bertz CT molecular complexity index is 2390. The zero-order valence-corrected chi connectivity index (χ0v) is 43.6. The number of carboxylic acid groups (broad SMARTS) is 2. The van der Waals surface area contributed by atoms with E-state index in [4.69, 9.17) is 44.8 Å². The van der Waals surface area contributed by atoms with Gasteiger partial charge in [-0.1, -0.05) is 42.5 Å². The van der Waals surface area contributed by atoms with E-state index in [1.165, 1.54) is 17.0 Å². The highest BCUT2D eigenvalue weighted by Gasteiger charge is 2.40. The van der Waals surface area contributed by atoms with Crippen molar-refractivity contribution < 1.29 is 68.1 Å². The molecule has 0 aromatic heterocycles. The fourth-order valence-corrected chi connectivity index (χ4v) is 7.79. The number of guanidine groups is 1. The minimum absolute atomic E-state index is 0.0132. The molecule has 22 N–H and O–H groups in total. The minimum Gasteiger partial charge on any atom is -0.508 e. The van der Waals surface area contributed by atoms with Gasteiger partial charge in [-0.3, -0.25) is 74.8 Å². The summed E-state index contributed by atoms with van der Waals surface area (Å²) in [5, 5.41) is 40.0. The second-order valence-electron chi connectivity index (χ2n) is 17.3. The number of nitrogens with zero attached hydrogens (tertiary/aromatic N) is 2. The van der Waals surface area contributed by atoms with Crippen LogP contribution in [0.15, 0.2) is 59.6 Å². The van der Waals surface area contributed by atoms with Crippen molar-refractivity contribution in [2.75, 3.05) is 31.1 Å². The zero-order valence-electron chi connectivity index (χ0n) is 41.8. The number of carbonyl (C=O) groups excluding carboxylic acids is 9. The minimum atomic E-state index is -1.30. The van der Waals surface area contributed by atoms with Crippen molar-refractivity contribution in [3.63, 3.8) is 0 Å². The number of aliphatic carboxylic acids is 2. The molecule has 0 saturated carbocycles. The number of Topliss-reactive ketones (excluding diaryl/α,β-unsaturated/α-hetero) is 2. The summed E-state index contributed by atoms with van der Waals surface area (Å²) in [7, 11) is 0. The number of aliphatic imine (C=N–C) groups is 1. The fourth-order valence-electron chi connectivity index (χ4n) is 7.37. The molecule has 424 valence electrons. The van der Waals surface area contributed by atoms with E-state index >= 15 is 0 Å². The van der Waals surface area contributed by atoms with Crippen LogP contribution < -0.4 is 72.1 Å². The van der Waals surface area contributed by atoms with Crippen LogP contribution in [0.25, 0.3) is 0 Å². The average molecular weight is 1120 g/mol. The lowest BCUT2D eigenvalue weighted by atomic mass is 10.0. The Morgan fingerprint density at radius 1 is 0.675 bits per heavy atom. The first kappa shape index (κ1) is 65.7. The number of likely N-dealkylation sites (tertiary alicyclic amines) is 1. The number of hydrazine groups is 2. The van der Waals surface area contributed by atoms with Gasteiger partial charge in [-0.05, 0) is 55.4 Å². The molecular formula is C46H69N15O14S2. The lowest BCUT2D eigenvalue weighted by molar-refractivity contribution is -0.143. The lowest BCUT2D eigenvalue weighted by Crippen LogP contribution is -2.58. The highest BCUT2D eigenvalue weighted by Crippen LogP contribution is 2.20. The number of nitrogens with one attached hydrogen (secondary N) is 7. The maximum absolute atomic E-state index is 13.4. The third-order valence-corrected chi connectivity index (χ3v) is 12.2. The maximum atomic E-state index is 13.4. The molecule has 1 aliphatic rings. The average Bonchev–Trinajstić information content (AvgIpc) is 3.89. The highest BCUT2D eigenvalue weighted by atomic mass is 32.1. The predicted octanol–water partition coefficient (Wildman–Crippen LogP) is -5.92. The summed E-state index contributed by atoms with van der Waals surface area (Å²) >= 11 is 8.11. The molecule has 3 rings (SSSR count). The van der Waals surface area contributed by atoms with Crippen LogP contribution in [0.5, 0.6) is 5.75 Å². The number of nitrogens with two attached hydrogens (primary N) is 6. The Balaban J connectivity index is 0.000000527. The number of phenolic OH excluding ortho intramolecular Hbond substituents is 1. The number of phenols is 1. The van der Waals surface area contributed by atoms with Crippen LogP contribution in [0, 0.1) is 0 Å². The van der Waals surface area contributed by atoms with E-state index in [0.29, 0.717) is 17.5 Å². The molecule has 29 nitrogen and oxygen atoms in total. The van der Waals surface area contributed by atoms with E-state index in [9.17, 15) is 57.8 Å². The number of benzene rings is 2. The summed E-state index contributed by atoms with van der Waals surface area (Å²) in [6, 6.07) is 5.47. The molecule has 2 aromatic rings. The molecule has 2 aromatic carbocycles. The van der Waals surface area contributed by atoms with Gasteiger partial charge in [0.2, 0.25) is 52.9 Å². The van der Waals surface area contributed by atoms with Crippen molar-refractivity contribution in [2.45, 2.75) is 106 Å². The molecule has 0 bridgehead atoms. The normalized spacial score (nSPS) is 15.4. The van der Waals surface area contributed by atoms with Gasteiger partial charge < -0.3 is 69.7 Å². The Kier molecular flexibility index (Phi) is 29.2. The quantitative estimate of drug-likeness (QED) is 0.00617. The Morgan fingerprint density at radius 2 is 1.23 bits per heavy atom. The standard InChI is InChI=1S/C26H33N5O7S.C20H36N10O7S/c27-18(14-39)24(36)30-20(13-16-6-8-17(32)9-7-16)26(38)31-21(12-15-4-2-1-3-5-15)25(37)29-19(23(28)35)10-11-22(33)34;21-20(22)25-5-1-3-10(16(34)14(31)8-26-23)27-18(36)13-4-2-6-30(13)19(37)12(9-38)28-17(35)11(29-24)7-15(32)33/h1-9,18-21,32,39H,10-14,27H2,(H2,28,35)(H,29,37)(H,30,36)(H,31,38)(H,33,34);10-13,26,29,38H,1-9,23-24H2,(H,27,36)(H,28,35)(H,32,33)(H4,21,22,25)/t18-,19-,20-,21-;10-,11-,12-,13-/m00/s1. The number of amides is 7. The van der Waals surface area contributed by atoms with Crippen molar-refractivity contribution in [1.29, 1.82) is 0 Å². The van der Waals surface area contributed by atoms with Gasteiger partial charge in [0, 0.05) is 43.9 Å². The molecular weight excluding hydrogens is 1050 g/mol. The lowest BCUT2D eigenvalue weighted by Gasteiger charge is -2.29. The highest BCUT2D eigenvalue weighted by molar-refractivity contribution is 7.80. The Labute approximate surface area is 453 Å². The number of thiol groups is 2. The van der Waals surface area contributed by atoms with E-state index in [0.717, 1.165) is 0 Å². The monoisotopic (exact) mass is 1120 g/mol. The van der Waals surface area contributed by atoms with Crippen LogP contribution in [0.4, 0.5) is 0 Å². The third kappa shape index (κ3) is 23.6. The molecule has 0 aliphatic carbocycles. The van der Waals surface area contributed by atoms with Gasteiger partial charge in [-0.15, -0.1) is 0 Å². The molecule has 1 saturated heterocycles. The van der Waals surface area contributed by atoms with Gasteiger partial charge in [-0.25, -0.2) is 5.43 Å². The summed E-state index contributed by atoms with van der Waals surface area (Å²) < 4.78 is 0. The fraction of sp³-hybridized carbons (Fsp3) is 0.478. The number of carbonyl (C=O) groups is 11. The zero-order chi connectivity index (χ0) is 57.8. The molecule has 1 aliphatic heterocycles. The third-order valence-electron chi connectivity index (χ3n) is 11.4. The van der Waals surface area contributed by atoms with Crippen LogP contribution in [0.2, 0.25) is 0 Å². The van der Waals surface area contributed by atoms with Gasteiger partial charge in [0.1, 0.15) is 42.0 Å². The smallest absolute Gasteiger partial charge is 0.305 e. The van der Waals surface area contributed by atoms with Gasteiger partial charge in [0.15, 0.2) is 5.96 Å². The number of hydrogen-bond acceptors (Lipinski definition) is 20. The summed E-state index contributed by atoms with van der Waals surface area (Å²) in [4.78, 5) is 141. The van der Waals surface area contributed by atoms with E-state index in [-0.39, 0.29) is 74.8 Å². The molecule has 77 heavy (non-hydrogen) atoms. The van der Waals surface area contributed by atoms with Gasteiger partial charge >= 0.3 is 11.9 Å². The number of carboxylic acids is 2. The first-order valence-corrected chi connectivity index (χ1v) is 25.1. The Hall–Kier alpha value is -7.42. The van der Waals surface area contributed by atoms with Crippen molar-refractivity contribution in [2.24, 2.45) is 39.6 Å². The van der Waals surface area contributed by atoms with Gasteiger partial charge in [-0.2, -0.15) is 25.3 Å². The summed E-state index contributed by atoms with van der Waals surface area (Å²) in [6.07, 6.45) is -0.179. The topological polar surface area (TPSA) is 504 Å². The number of ketones is 2. The largest absolute Gasteiger partial charge is 0.508 e. The van der Waals surface area contributed by atoms with Gasteiger partial charge in [0.05, 0.1) is 25.0 Å². The van der Waals surface area contributed by atoms with Crippen molar-refractivity contribution in [1.82, 2.24) is 42.3 Å². The number of hydrogen-bond donors (Lipinski definition) is 18. The number of rotatable bonds is 32. The molecule has 7 amide bonds. The molecule has 0 unspecified atom stereocenters. The molecule has 31 heteroatoms. The van der Waals surface area contributed by atoms with Crippen molar-refractivity contribution in [3.8, 4) is 5.75 Å². The van der Waals surface area contributed by atoms with Crippen LogP contribution in [-0.4, -0.2) is 171 Å². The second-order valence-corrected chi connectivity index (χ2v) is 18.0. The van der Waals surface area contributed by atoms with Crippen LogP contribution in [0.1, 0.15) is 56.1 Å². The second kappa shape index (κ2) is 34.3.